The summed E-state index contributed by atoms with van der Waals surface area (Å²) in [6.45, 7) is 18.2. The molecule has 0 atom stereocenters. The largest absolute Gasteiger partial charge is 0.494 e. The van der Waals surface area contributed by atoms with E-state index < -0.39 is 0 Å². The summed E-state index contributed by atoms with van der Waals surface area (Å²) < 4.78 is 18.0. The Kier molecular flexibility index (Phi) is 5.23. The first-order valence-corrected chi connectivity index (χ1v) is 10.7. The standard InChI is InChI=1S/C22H33BN4O3/c1-16-24-25-19(28-16)27-13-12-26(15-20(27,2)3)14-17-8-10-18(11-9-17)23-29-21(4,5)22(6,7)30-23/h8-11H,12-15H2,1-7H3. The molecule has 1 aromatic carbocycles. The van der Waals surface area contributed by atoms with Crippen molar-refractivity contribution >= 4 is 18.6 Å². The van der Waals surface area contributed by atoms with Crippen LogP contribution in [0.15, 0.2) is 28.7 Å². The molecule has 0 saturated carbocycles. The molecule has 2 aromatic rings. The van der Waals surface area contributed by atoms with Crippen LogP contribution in [-0.2, 0) is 15.9 Å². The molecule has 2 aliphatic heterocycles. The van der Waals surface area contributed by atoms with Crippen molar-refractivity contribution in [1.29, 1.82) is 0 Å². The van der Waals surface area contributed by atoms with Gasteiger partial charge in [0.05, 0.1) is 16.7 Å². The third-order valence-corrected chi connectivity index (χ3v) is 6.64. The van der Waals surface area contributed by atoms with E-state index in [1.807, 2.05) is 6.92 Å². The zero-order valence-corrected chi connectivity index (χ0v) is 19.2. The van der Waals surface area contributed by atoms with Crippen LogP contribution in [0.5, 0.6) is 0 Å². The zero-order valence-electron chi connectivity index (χ0n) is 19.2. The van der Waals surface area contributed by atoms with Crippen molar-refractivity contribution in [1.82, 2.24) is 15.1 Å². The maximum Gasteiger partial charge on any atom is 0.494 e. The smallest absolute Gasteiger partial charge is 0.408 e. The van der Waals surface area contributed by atoms with Gasteiger partial charge in [0.15, 0.2) is 0 Å². The molecule has 0 radical (unpaired) electrons. The number of anilines is 1. The lowest BCUT2D eigenvalue weighted by Gasteiger charge is -2.46. The fourth-order valence-electron chi connectivity index (χ4n) is 4.16. The van der Waals surface area contributed by atoms with Crippen LogP contribution < -0.4 is 10.4 Å². The Labute approximate surface area is 179 Å². The molecule has 2 saturated heterocycles. The molecule has 1 aromatic heterocycles. The summed E-state index contributed by atoms with van der Waals surface area (Å²) in [6.07, 6.45) is 0. The van der Waals surface area contributed by atoms with Crippen molar-refractivity contribution in [2.24, 2.45) is 0 Å². The Hall–Kier alpha value is -1.90. The van der Waals surface area contributed by atoms with Crippen LogP contribution in [0.2, 0.25) is 0 Å². The highest BCUT2D eigenvalue weighted by molar-refractivity contribution is 6.62. The first-order chi connectivity index (χ1) is 14.0. The van der Waals surface area contributed by atoms with E-state index in [4.69, 9.17) is 13.7 Å². The first-order valence-electron chi connectivity index (χ1n) is 10.7. The minimum absolute atomic E-state index is 0.0835. The Bertz CT molecular complexity index is 878. The number of hydrogen-bond donors (Lipinski definition) is 0. The van der Waals surface area contributed by atoms with E-state index >= 15 is 0 Å². The van der Waals surface area contributed by atoms with Gasteiger partial charge >= 0.3 is 13.1 Å². The summed E-state index contributed by atoms with van der Waals surface area (Å²) in [5, 5.41) is 8.19. The second kappa shape index (κ2) is 7.36. The quantitative estimate of drug-likeness (QED) is 0.716. The van der Waals surface area contributed by atoms with Gasteiger partial charge in [-0.15, -0.1) is 5.10 Å². The van der Waals surface area contributed by atoms with Gasteiger partial charge in [-0.05, 0) is 52.6 Å². The van der Waals surface area contributed by atoms with Gasteiger partial charge in [0.25, 0.3) is 0 Å². The fraction of sp³-hybridized carbons (Fsp3) is 0.636. The van der Waals surface area contributed by atoms with Gasteiger partial charge in [-0.3, -0.25) is 4.90 Å². The number of rotatable bonds is 4. The molecule has 4 rings (SSSR count). The normalized spacial score (nSPS) is 23.2. The van der Waals surface area contributed by atoms with E-state index in [-0.39, 0.29) is 23.9 Å². The second-order valence-corrected chi connectivity index (χ2v) is 10.1. The van der Waals surface area contributed by atoms with Crippen molar-refractivity contribution in [3.8, 4) is 0 Å². The lowest BCUT2D eigenvalue weighted by Crippen LogP contribution is -2.59. The van der Waals surface area contributed by atoms with Crippen LogP contribution in [0.3, 0.4) is 0 Å². The van der Waals surface area contributed by atoms with E-state index in [0.29, 0.717) is 11.9 Å². The molecular formula is C22H33BN4O3. The van der Waals surface area contributed by atoms with E-state index in [1.165, 1.54) is 5.56 Å². The number of piperazine rings is 1. The van der Waals surface area contributed by atoms with Crippen molar-refractivity contribution in [3.63, 3.8) is 0 Å². The predicted molar refractivity (Wildman–Crippen MR) is 118 cm³/mol. The predicted octanol–water partition coefficient (Wildman–Crippen LogP) is 2.78. The topological polar surface area (TPSA) is 63.9 Å². The summed E-state index contributed by atoms with van der Waals surface area (Å²) in [6, 6.07) is 9.23. The number of nitrogens with zero attached hydrogens (tertiary/aromatic N) is 4. The van der Waals surface area contributed by atoms with Gasteiger partial charge in [-0.2, -0.15) is 0 Å². The summed E-state index contributed by atoms with van der Waals surface area (Å²) in [7, 11) is -0.315. The summed E-state index contributed by atoms with van der Waals surface area (Å²) in [5.74, 6) is 0.602. The maximum absolute atomic E-state index is 6.16. The van der Waals surface area contributed by atoms with E-state index in [9.17, 15) is 0 Å². The molecule has 3 heterocycles. The molecule has 0 amide bonds. The number of aromatic nitrogens is 2. The van der Waals surface area contributed by atoms with Crippen LogP contribution in [0, 0.1) is 6.92 Å². The molecule has 0 unspecified atom stereocenters. The summed E-state index contributed by atoms with van der Waals surface area (Å²) >= 11 is 0. The Morgan fingerprint density at radius 3 is 2.10 bits per heavy atom. The minimum atomic E-state index is -0.321. The molecule has 8 heteroatoms. The van der Waals surface area contributed by atoms with E-state index in [0.717, 1.165) is 31.6 Å². The molecule has 7 nitrogen and oxygen atoms in total. The highest BCUT2D eigenvalue weighted by Crippen LogP contribution is 2.36. The van der Waals surface area contributed by atoms with Gasteiger partial charge in [0.2, 0.25) is 5.89 Å². The Morgan fingerprint density at radius 2 is 1.57 bits per heavy atom. The lowest BCUT2D eigenvalue weighted by atomic mass is 9.79. The second-order valence-electron chi connectivity index (χ2n) is 10.1. The van der Waals surface area contributed by atoms with Gasteiger partial charge in [-0.1, -0.05) is 29.4 Å². The molecule has 162 valence electrons. The number of hydrogen-bond acceptors (Lipinski definition) is 7. The molecule has 0 aliphatic carbocycles. The molecule has 0 N–H and O–H groups in total. The van der Waals surface area contributed by atoms with Crippen LogP contribution in [0.25, 0.3) is 0 Å². The van der Waals surface area contributed by atoms with Crippen molar-refractivity contribution < 1.29 is 13.7 Å². The van der Waals surface area contributed by atoms with Crippen molar-refractivity contribution in [2.45, 2.75) is 71.8 Å². The van der Waals surface area contributed by atoms with Crippen LogP contribution >= 0.6 is 0 Å². The zero-order chi connectivity index (χ0) is 21.7. The van der Waals surface area contributed by atoms with Crippen molar-refractivity contribution in [2.75, 3.05) is 24.5 Å². The van der Waals surface area contributed by atoms with Crippen LogP contribution in [0.1, 0.15) is 53.0 Å². The van der Waals surface area contributed by atoms with Gasteiger partial charge < -0.3 is 18.6 Å². The van der Waals surface area contributed by atoms with Crippen LogP contribution in [-0.4, -0.2) is 58.6 Å². The van der Waals surface area contributed by atoms with Gasteiger partial charge in [0, 0.05) is 33.1 Å². The summed E-state index contributed by atoms with van der Waals surface area (Å²) in [5.41, 5.74) is 1.62. The van der Waals surface area contributed by atoms with Gasteiger partial charge in [0.1, 0.15) is 0 Å². The average molecular weight is 412 g/mol. The average Bonchev–Trinajstić information content (AvgIpc) is 3.15. The lowest BCUT2D eigenvalue weighted by molar-refractivity contribution is 0.00578. The molecule has 0 bridgehead atoms. The molecule has 2 aliphatic rings. The Balaban J connectivity index is 1.39. The highest BCUT2D eigenvalue weighted by atomic mass is 16.7. The SMILES string of the molecule is Cc1nnc(N2CCN(Cc3ccc(B4OC(C)(C)C(C)(C)O4)cc3)CC2(C)C)o1. The molecule has 0 spiro atoms. The molecule has 30 heavy (non-hydrogen) atoms. The van der Waals surface area contributed by atoms with E-state index in [1.54, 1.807) is 0 Å². The number of benzene rings is 1. The molecule has 2 fully saturated rings. The minimum Gasteiger partial charge on any atom is -0.408 e. The van der Waals surface area contributed by atoms with Crippen molar-refractivity contribution in [3.05, 3.63) is 35.7 Å². The number of aryl methyl sites for hydroxylation is 1. The van der Waals surface area contributed by atoms with Crippen LogP contribution in [0.4, 0.5) is 6.01 Å². The highest BCUT2D eigenvalue weighted by Gasteiger charge is 2.51. The monoisotopic (exact) mass is 412 g/mol. The summed E-state index contributed by atoms with van der Waals surface area (Å²) in [4.78, 5) is 4.69. The first kappa shape index (κ1) is 21.3. The third-order valence-electron chi connectivity index (χ3n) is 6.64. The van der Waals surface area contributed by atoms with Gasteiger partial charge in [-0.25, -0.2) is 0 Å². The fourth-order valence-corrected chi connectivity index (χ4v) is 4.16. The third kappa shape index (κ3) is 4.00. The van der Waals surface area contributed by atoms with E-state index in [2.05, 4.69) is 85.8 Å². The maximum atomic E-state index is 6.16. The molecular weight excluding hydrogens is 379 g/mol. The Morgan fingerprint density at radius 1 is 0.933 bits per heavy atom.